The van der Waals surface area contributed by atoms with E-state index in [4.69, 9.17) is 5.10 Å². The van der Waals surface area contributed by atoms with E-state index in [1.165, 1.54) is 0 Å². The molecule has 26 heavy (non-hydrogen) atoms. The van der Waals surface area contributed by atoms with Crippen molar-refractivity contribution in [1.29, 1.82) is 0 Å². The number of benzene rings is 1. The van der Waals surface area contributed by atoms with Crippen molar-refractivity contribution in [3.63, 3.8) is 0 Å². The number of hydrogen-bond acceptors (Lipinski definition) is 3. The Bertz CT molecular complexity index is 933. The van der Waals surface area contributed by atoms with Crippen LogP contribution >= 0.6 is 0 Å². The van der Waals surface area contributed by atoms with E-state index in [2.05, 4.69) is 31.0 Å². The van der Waals surface area contributed by atoms with E-state index in [0.717, 1.165) is 29.1 Å². The molecule has 0 bridgehead atoms. The Labute approximate surface area is 152 Å². The highest BCUT2D eigenvalue weighted by Gasteiger charge is 2.31. The molecule has 0 fully saturated rings. The second kappa shape index (κ2) is 6.12. The van der Waals surface area contributed by atoms with Crippen LogP contribution in [0.5, 0.6) is 0 Å². The number of nitrogens with zero attached hydrogens (tertiary/aromatic N) is 4. The van der Waals surface area contributed by atoms with Crippen LogP contribution in [0.1, 0.15) is 48.1 Å². The largest absolute Gasteiger partial charge is 0.334 e. The summed E-state index contributed by atoms with van der Waals surface area (Å²) in [6.07, 6.45) is 4.48. The van der Waals surface area contributed by atoms with Crippen LogP contribution < -0.4 is 0 Å². The maximum absolute atomic E-state index is 13.3. The zero-order valence-corrected chi connectivity index (χ0v) is 15.4. The number of amides is 1. The molecule has 0 saturated heterocycles. The van der Waals surface area contributed by atoms with Gasteiger partial charge in [0.15, 0.2) is 0 Å². The maximum Gasteiger partial charge on any atom is 0.257 e. The molecule has 0 unspecified atom stereocenters. The third kappa shape index (κ3) is 2.92. The van der Waals surface area contributed by atoms with Crippen molar-refractivity contribution in [2.24, 2.45) is 0 Å². The lowest BCUT2D eigenvalue weighted by atomic mass is 9.89. The summed E-state index contributed by atoms with van der Waals surface area (Å²) < 4.78 is 1.81. The minimum atomic E-state index is -0.221. The molecule has 134 valence electrons. The third-order valence-corrected chi connectivity index (χ3v) is 4.76. The van der Waals surface area contributed by atoms with E-state index < -0.39 is 0 Å². The Balaban J connectivity index is 1.71. The van der Waals surface area contributed by atoms with Gasteiger partial charge in [0.25, 0.3) is 5.91 Å². The number of para-hydroxylation sites is 1. The molecule has 2 aromatic heterocycles. The Hall–Kier alpha value is -2.89. The fraction of sp³-hybridized carbons (Fsp3) is 0.350. The van der Waals surface area contributed by atoms with E-state index in [1.54, 1.807) is 4.68 Å². The highest BCUT2D eigenvalue weighted by Crippen LogP contribution is 2.28. The van der Waals surface area contributed by atoms with Gasteiger partial charge in [0, 0.05) is 42.4 Å². The predicted molar refractivity (Wildman–Crippen MR) is 99.3 cm³/mol. The van der Waals surface area contributed by atoms with Crippen molar-refractivity contribution in [3.8, 4) is 5.69 Å². The monoisotopic (exact) mass is 349 g/mol. The van der Waals surface area contributed by atoms with E-state index in [-0.39, 0.29) is 11.3 Å². The SMILES string of the molecule is CC(C)(C)c1nn(-c2ccccc2)cc1C(=O)N1CCc2[nH]ncc2C1. The normalized spacial score (nSPS) is 14.3. The standard InChI is InChI=1S/C20H23N5O/c1-20(2,3)18-16(13-25(23-18)15-7-5-4-6-8-15)19(26)24-10-9-17-14(12-24)11-21-22-17/h4-8,11,13H,9-10,12H2,1-3H3,(H,21,22). The first-order valence-electron chi connectivity index (χ1n) is 8.89. The summed E-state index contributed by atoms with van der Waals surface area (Å²) in [5, 5.41) is 11.9. The minimum Gasteiger partial charge on any atom is -0.334 e. The molecule has 0 radical (unpaired) electrons. The summed E-state index contributed by atoms with van der Waals surface area (Å²) in [7, 11) is 0. The van der Waals surface area contributed by atoms with Gasteiger partial charge in [-0.15, -0.1) is 0 Å². The van der Waals surface area contributed by atoms with Gasteiger partial charge in [-0.3, -0.25) is 9.89 Å². The van der Waals surface area contributed by atoms with Crippen LogP contribution in [0.3, 0.4) is 0 Å². The van der Waals surface area contributed by atoms with Crippen molar-refractivity contribution >= 4 is 5.91 Å². The third-order valence-electron chi connectivity index (χ3n) is 4.76. The van der Waals surface area contributed by atoms with E-state index >= 15 is 0 Å². The number of carbonyl (C=O) groups excluding carboxylic acids is 1. The van der Waals surface area contributed by atoms with Crippen molar-refractivity contribution in [2.75, 3.05) is 6.54 Å². The number of carbonyl (C=O) groups is 1. The zero-order chi connectivity index (χ0) is 18.3. The van der Waals surface area contributed by atoms with Gasteiger partial charge in [-0.1, -0.05) is 39.0 Å². The van der Waals surface area contributed by atoms with Crippen LogP contribution in [0.2, 0.25) is 0 Å². The summed E-state index contributed by atoms with van der Waals surface area (Å²) >= 11 is 0. The summed E-state index contributed by atoms with van der Waals surface area (Å²) in [6.45, 7) is 7.54. The molecular formula is C20H23N5O. The molecule has 4 rings (SSSR count). The molecule has 1 amide bonds. The molecule has 6 nitrogen and oxygen atoms in total. The van der Waals surface area contributed by atoms with Crippen LogP contribution in [-0.4, -0.2) is 37.3 Å². The fourth-order valence-corrected chi connectivity index (χ4v) is 3.36. The molecule has 1 aliphatic rings. The molecule has 1 N–H and O–H groups in total. The second-order valence-corrected chi connectivity index (χ2v) is 7.77. The molecule has 3 heterocycles. The van der Waals surface area contributed by atoms with Crippen molar-refractivity contribution in [1.82, 2.24) is 24.9 Å². The van der Waals surface area contributed by atoms with E-state index in [0.29, 0.717) is 18.7 Å². The number of nitrogens with one attached hydrogen (secondary N) is 1. The zero-order valence-electron chi connectivity index (χ0n) is 15.4. The van der Waals surface area contributed by atoms with Gasteiger partial charge in [0.1, 0.15) is 0 Å². The smallest absolute Gasteiger partial charge is 0.257 e. The summed E-state index contributed by atoms with van der Waals surface area (Å²) in [6, 6.07) is 9.90. The first kappa shape index (κ1) is 16.6. The highest BCUT2D eigenvalue weighted by atomic mass is 16.2. The van der Waals surface area contributed by atoms with Gasteiger partial charge >= 0.3 is 0 Å². The van der Waals surface area contributed by atoms with Gasteiger partial charge in [0.05, 0.1) is 23.1 Å². The van der Waals surface area contributed by atoms with Gasteiger partial charge in [-0.25, -0.2) is 4.68 Å². The van der Waals surface area contributed by atoms with E-state index in [1.807, 2.05) is 47.6 Å². The quantitative estimate of drug-likeness (QED) is 0.773. The van der Waals surface area contributed by atoms with Crippen LogP contribution in [-0.2, 0) is 18.4 Å². The first-order chi connectivity index (χ1) is 12.4. The van der Waals surface area contributed by atoms with Gasteiger partial charge in [-0.05, 0) is 12.1 Å². The predicted octanol–water partition coefficient (Wildman–Crippen LogP) is 3.09. The van der Waals surface area contributed by atoms with Gasteiger partial charge < -0.3 is 4.90 Å². The Morgan fingerprint density at radius 3 is 2.69 bits per heavy atom. The number of fused-ring (bicyclic) bond motifs is 1. The fourth-order valence-electron chi connectivity index (χ4n) is 3.36. The number of rotatable bonds is 2. The highest BCUT2D eigenvalue weighted by molar-refractivity contribution is 5.95. The molecule has 1 aromatic carbocycles. The molecule has 0 spiro atoms. The van der Waals surface area contributed by atoms with Crippen LogP contribution in [0, 0.1) is 0 Å². The van der Waals surface area contributed by atoms with Gasteiger partial charge in [0.2, 0.25) is 0 Å². The number of H-pyrrole nitrogens is 1. The molecule has 1 aliphatic heterocycles. The topological polar surface area (TPSA) is 66.8 Å². The van der Waals surface area contributed by atoms with Crippen molar-refractivity contribution < 1.29 is 4.79 Å². The Morgan fingerprint density at radius 2 is 1.96 bits per heavy atom. The van der Waals surface area contributed by atoms with E-state index in [9.17, 15) is 4.79 Å². The van der Waals surface area contributed by atoms with Gasteiger partial charge in [-0.2, -0.15) is 10.2 Å². The first-order valence-corrected chi connectivity index (χ1v) is 8.89. The Kier molecular flexibility index (Phi) is 3.90. The second-order valence-electron chi connectivity index (χ2n) is 7.77. The molecule has 0 saturated carbocycles. The lowest BCUT2D eigenvalue weighted by molar-refractivity contribution is 0.0731. The molecule has 3 aromatic rings. The summed E-state index contributed by atoms with van der Waals surface area (Å²) in [5.41, 5.74) is 4.45. The number of aromatic amines is 1. The lowest BCUT2D eigenvalue weighted by Crippen LogP contribution is -2.36. The lowest BCUT2D eigenvalue weighted by Gasteiger charge is -2.27. The van der Waals surface area contributed by atoms with Crippen LogP contribution in [0.4, 0.5) is 0 Å². The molecular weight excluding hydrogens is 326 g/mol. The molecule has 0 aliphatic carbocycles. The Morgan fingerprint density at radius 1 is 1.19 bits per heavy atom. The summed E-state index contributed by atoms with van der Waals surface area (Å²) in [4.78, 5) is 15.2. The summed E-state index contributed by atoms with van der Waals surface area (Å²) in [5.74, 6) is 0.0314. The minimum absolute atomic E-state index is 0.0314. The van der Waals surface area contributed by atoms with Crippen molar-refractivity contribution in [2.45, 2.75) is 39.2 Å². The number of aromatic nitrogens is 4. The number of hydrogen-bond donors (Lipinski definition) is 1. The maximum atomic E-state index is 13.3. The van der Waals surface area contributed by atoms with Crippen LogP contribution in [0.15, 0.2) is 42.7 Å². The average Bonchev–Trinajstić information content (AvgIpc) is 3.28. The van der Waals surface area contributed by atoms with Crippen LogP contribution in [0.25, 0.3) is 5.69 Å². The van der Waals surface area contributed by atoms with Crippen molar-refractivity contribution in [3.05, 3.63) is 65.2 Å². The average molecular weight is 349 g/mol. The molecule has 0 atom stereocenters. The molecule has 6 heteroatoms.